The topological polar surface area (TPSA) is 75.3 Å². The zero-order chi connectivity index (χ0) is 22.6. The highest BCUT2D eigenvalue weighted by Gasteiger charge is 2.17. The van der Waals surface area contributed by atoms with E-state index >= 15 is 0 Å². The van der Waals surface area contributed by atoms with Gasteiger partial charge in [-0.05, 0) is 86.5 Å². The van der Waals surface area contributed by atoms with Gasteiger partial charge in [0.15, 0.2) is 0 Å². The summed E-state index contributed by atoms with van der Waals surface area (Å²) in [5.74, 6) is -0.177. The molecule has 31 heavy (non-hydrogen) atoms. The average Bonchev–Trinajstić information content (AvgIpc) is 2.72. The van der Waals surface area contributed by atoms with E-state index in [4.69, 9.17) is 11.6 Å². The fraction of sp³-hybridized carbons (Fsp3) is 0.174. The minimum atomic E-state index is -3.74. The fourth-order valence-electron chi connectivity index (χ4n) is 2.78. The van der Waals surface area contributed by atoms with Crippen LogP contribution in [0.25, 0.3) is 0 Å². The quantitative estimate of drug-likeness (QED) is 0.419. The number of hydrogen-bond donors (Lipinski definition) is 2. The van der Waals surface area contributed by atoms with E-state index in [0.717, 1.165) is 16.0 Å². The third-order valence-electron chi connectivity index (χ3n) is 4.57. The molecule has 0 aliphatic rings. The normalized spacial score (nSPS) is 12.3. The molecule has 8 heteroatoms. The Hall–Kier alpha value is -2.48. The van der Waals surface area contributed by atoms with Crippen LogP contribution in [-0.4, -0.2) is 19.6 Å². The highest BCUT2D eigenvalue weighted by Crippen LogP contribution is 2.26. The second-order valence-corrected chi connectivity index (χ2v) is 10.7. The number of thioether (sulfide) groups is 1. The molecule has 0 radical (unpaired) electrons. The van der Waals surface area contributed by atoms with Crippen LogP contribution in [0.15, 0.2) is 76.5 Å². The summed E-state index contributed by atoms with van der Waals surface area (Å²) in [6.07, 6.45) is 0. The van der Waals surface area contributed by atoms with Gasteiger partial charge in [0, 0.05) is 15.6 Å². The van der Waals surface area contributed by atoms with Gasteiger partial charge in [0.2, 0.25) is 5.91 Å². The Morgan fingerprint density at radius 1 is 0.968 bits per heavy atom. The molecule has 1 atom stereocenters. The molecule has 0 saturated carbocycles. The van der Waals surface area contributed by atoms with Gasteiger partial charge in [-0.15, -0.1) is 11.8 Å². The van der Waals surface area contributed by atoms with Gasteiger partial charge in [-0.3, -0.25) is 9.52 Å². The minimum absolute atomic E-state index is 0.120. The molecule has 0 unspecified atom stereocenters. The van der Waals surface area contributed by atoms with Gasteiger partial charge in [0.05, 0.1) is 15.8 Å². The summed E-state index contributed by atoms with van der Waals surface area (Å²) in [6, 6.07) is 19.0. The molecule has 3 aromatic carbocycles. The number of rotatable bonds is 7. The van der Waals surface area contributed by atoms with E-state index in [9.17, 15) is 13.2 Å². The van der Waals surface area contributed by atoms with Gasteiger partial charge in [-0.1, -0.05) is 23.7 Å². The Morgan fingerprint density at radius 3 is 2.26 bits per heavy atom. The molecule has 1 amide bonds. The summed E-state index contributed by atoms with van der Waals surface area (Å²) >= 11 is 7.30. The molecule has 0 aliphatic carbocycles. The number of benzene rings is 3. The van der Waals surface area contributed by atoms with E-state index in [1.54, 1.807) is 30.3 Å². The number of carbonyl (C=O) groups is 1. The standard InChI is InChI=1S/C23H23ClN2O3S2/c1-15-4-5-16(2)22(14-15)26-31(28,29)21-12-8-19(9-13-21)25-23(27)17(3)30-20-10-6-18(24)7-11-20/h4-14,17,26H,1-3H3,(H,25,27)/t17-/m1/s1. The first kappa shape index (κ1) is 23.2. The molecule has 0 saturated heterocycles. The van der Waals surface area contributed by atoms with Crippen LogP contribution in [0.2, 0.25) is 5.02 Å². The first-order valence-electron chi connectivity index (χ1n) is 9.57. The van der Waals surface area contributed by atoms with Gasteiger partial charge in [0.25, 0.3) is 10.0 Å². The first-order valence-corrected chi connectivity index (χ1v) is 12.3. The predicted octanol–water partition coefficient (Wildman–Crippen LogP) is 5.88. The van der Waals surface area contributed by atoms with Crippen molar-refractivity contribution < 1.29 is 13.2 Å². The number of nitrogens with one attached hydrogen (secondary N) is 2. The van der Waals surface area contributed by atoms with Crippen LogP contribution in [0, 0.1) is 13.8 Å². The van der Waals surface area contributed by atoms with Crippen molar-refractivity contribution in [3.8, 4) is 0 Å². The molecule has 162 valence electrons. The number of aryl methyl sites for hydroxylation is 2. The predicted molar refractivity (Wildman–Crippen MR) is 129 cm³/mol. The molecule has 0 spiro atoms. The van der Waals surface area contributed by atoms with Crippen LogP contribution in [0.1, 0.15) is 18.1 Å². The number of amides is 1. The Labute approximate surface area is 192 Å². The molecule has 0 heterocycles. The van der Waals surface area contributed by atoms with Crippen LogP contribution in [0.3, 0.4) is 0 Å². The van der Waals surface area contributed by atoms with E-state index in [1.165, 1.54) is 23.9 Å². The highest BCUT2D eigenvalue weighted by molar-refractivity contribution is 8.00. The molecule has 0 bridgehead atoms. The fourth-order valence-corrected chi connectivity index (χ4v) is 4.90. The zero-order valence-electron chi connectivity index (χ0n) is 17.3. The lowest BCUT2D eigenvalue weighted by molar-refractivity contribution is -0.115. The molecule has 0 aromatic heterocycles. The lowest BCUT2D eigenvalue weighted by Gasteiger charge is -2.14. The molecule has 0 aliphatic heterocycles. The second-order valence-electron chi connectivity index (χ2n) is 7.15. The van der Waals surface area contributed by atoms with Gasteiger partial charge in [-0.2, -0.15) is 0 Å². The lowest BCUT2D eigenvalue weighted by Crippen LogP contribution is -2.22. The van der Waals surface area contributed by atoms with Crippen LogP contribution in [0.5, 0.6) is 0 Å². The summed E-state index contributed by atoms with van der Waals surface area (Å²) < 4.78 is 28.1. The second kappa shape index (κ2) is 9.77. The van der Waals surface area contributed by atoms with Gasteiger partial charge < -0.3 is 5.32 Å². The molecule has 5 nitrogen and oxygen atoms in total. The van der Waals surface area contributed by atoms with Crippen molar-refractivity contribution in [2.24, 2.45) is 0 Å². The molecule has 3 aromatic rings. The Balaban J connectivity index is 1.65. The first-order chi connectivity index (χ1) is 14.6. The smallest absolute Gasteiger partial charge is 0.261 e. The Bertz CT molecular complexity index is 1180. The van der Waals surface area contributed by atoms with Crippen molar-refractivity contribution in [1.82, 2.24) is 0 Å². The minimum Gasteiger partial charge on any atom is -0.325 e. The number of carbonyl (C=O) groups excluding carboxylic acids is 1. The SMILES string of the molecule is Cc1ccc(C)c(NS(=O)(=O)c2ccc(NC(=O)[C@@H](C)Sc3ccc(Cl)cc3)cc2)c1. The summed E-state index contributed by atoms with van der Waals surface area (Å²) in [4.78, 5) is 13.5. The summed E-state index contributed by atoms with van der Waals surface area (Å²) in [5.41, 5.74) is 2.88. The van der Waals surface area contributed by atoms with Crippen LogP contribution in [-0.2, 0) is 14.8 Å². The molecular weight excluding hydrogens is 452 g/mol. The van der Waals surface area contributed by atoms with Gasteiger partial charge >= 0.3 is 0 Å². The van der Waals surface area contributed by atoms with Crippen LogP contribution >= 0.6 is 23.4 Å². The zero-order valence-corrected chi connectivity index (χ0v) is 19.7. The maximum Gasteiger partial charge on any atom is 0.261 e. The average molecular weight is 475 g/mol. The van der Waals surface area contributed by atoms with Gasteiger partial charge in [0.1, 0.15) is 0 Å². The van der Waals surface area contributed by atoms with E-state index < -0.39 is 10.0 Å². The molecule has 2 N–H and O–H groups in total. The monoisotopic (exact) mass is 474 g/mol. The molecular formula is C23H23ClN2O3S2. The third kappa shape index (κ3) is 6.26. The number of hydrogen-bond acceptors (Lipinski definition) is 4. The molecule has 3 rings (SSSR count). The lowest BCUT2D eigenvalue weighted by atomic mass is 10.1. The van der Waals surface area contributed by atoms with Crippen molar-refractivity contribution in [3.05, 3.63) is 82.9 Å². The van der Waals surface area contributed by atoms with Crippen LogP contribution in [0.4, 0.5) is 11.4 Å². The number of halogens is 1. The van der Waals surface area contributed by atoms with Crippen molar-refractivity contribution in [3.63, 3.8) is 0 Å². The third-order valence-corrected chi connectivity index (χ3v) is 7.31. The summed E-state index contributed by atoms with van der Waals surface area (Å²) in [7, 11) is -3.74. The van der Waals surface area contributed by atoms with E-state index in [0.29, 0.717) is 16.4 Å². The Morgan fingerprint density at radius 2 is 1.61 bits per heavy atom. The molecule has 0 fully saturated rings. The van der Waals surface area contributed by atoms with Crippen molar-refractivity contribution in [2.45, 2.75) is 35.8 Å². The van der Waals surface area contributed by atoms with Crippen molar-refractivity contribution in [1.29, 1.82) is 0 Å². The maximum absolute atomic E-state index is 12.7. The van der Waals surface area contributed by atoms with Gasteiger partial charge in [-0.25, -0.2) is 8.42 Å². The van der Waals surface area contributed by atoms with Crippen molar-refractivity contribution in [2.75, 3.05) is 10.0 Å². The van der Waals surface area contributed by atoms with E-state index in [1.807, 2.05) is 45.0 Å². The largest absolute Gasteiger partial charge is 0.325 e. The number of sulfonamides is 1. The van der Waals surface area contributed by atoms with E-state index in [-0.39, 0.29) is 16.1 Å². The van der Waals surface area contributed by atoms with Crippen LogP contribution < -0.4 is 10.0 Å². The highest BCUT2D eigenvalue weighted by atomic mass is 35.5. The maximum atomic E-state index is 12.7. The van der Waals surface area contributed by atoms with Crippen molar-refractivity contribution >= 4 is 50.7 Å². The number of anilines is 2. The van der Waals surface area contributed by atoms with E-state index in [2.05, 4.69) is 10.0 Å². The summed E-state index contributed by atoms with van der Waals surface area (Å²) in [5, 5.41) is 3.12. The summed E-state index contributed by atoms with van der Waals surface area (Å²) in [6.45, 7) is 5.56. The Kier molecular flexibility index (Phi) is 7.30.